The van der Waals surface area contributed by atoms with Crippen molar-refractivity contribution in [3.63, 3.8) is 0 Å². The van der Waals surface area contributed by atoms with Crippen LogP contribution in [0.15, 0.2) is 24.4 Å². The van der Waals surface area contributed by atoms with E-state index in [2.05, 4.69) is 36.2 Å². The van der Waals surface area contributed by atoms with Gasteiger partial charge in [-0.2, -0.15) is 4.98 Å². The average Bonchev–Trinajstić information content (AvgIpc) is 3.21. The van der Waals surface area contributed by atoms with Crippen molar-refractivity contribution in [2.75, 3.05) is 17.2 Å². The molecule has 0 saturated heterocycles. The third kappa shape index (κ3) is 7.21. The second kappa shape index (κ2) is 11.3. The summed E-state index contributed by atoms with van der Waals surface area (Å²) in [6.45, 7) is 6.88. The maximum absolute atomic E-state index is 11.2. The molecule has 1 unspecified atom stereocenters. The molecule has 194 valence electrons. The molecule has 1 aliphatic carbocycles. The topological polar surface area (TPSA) is 157 Å². The maximum atomic E-state index is 11.2. The smallest absolute Gasteiger partial charge is 0.404 e. The molecule has 1 fully saturated rings. The minimum absolute atomic E-state index is 0.196. The van der Waals surface area contributed by atoms with Gasteiger partial charge in [0.25, 0.3) is 0 Å². The lowest BCUT2D eigenvalue weighted by molar-refractivity contribution is 0.126. The lowest BCUT2D eigenvalue weighted by Gasteiger charge is -2.30. The largest absolute Gasteiger partial charge is 0.465 e. The van der Waals surface area contributed by atoms with Crippen LogP contribution in [0.5, 0.6) is 0 Å². The first-order valence-corrected chi connectivity index (χ1v) is 13.0. The van der Waals surface area contributed by atoms with Crippen molar-refractivity contribution in [1.82, 2.24) is 30.6 Å². The van der Waals surface area contributed by atoms with E-state index < -0.39 is 6.09 Å². The lowest BCUT2D eigenvalue weighted by Crippen LogP contribution is -2.49. The van der Waals surface area contributed by atoms with Gasteiger partial charge < -0.3 is 31.5 Å². The number of hydrogen-bond acceptors (Lipinski definition) is 10. The van der Waals surface area contributed by atoms with E-state index in [9.17, 15) is 15.0 Å². The van der Waals surface area contributed by atoms with Gasteiger partial charge in [0.05, 0.1) is 11.8 Å². The normalized spacial score (nSPS) is 19.1. The van der Waals surface area contributed by atoms with Gasteiger partial charge in [0.1, 0.15) is 16.2 Å². The predicted octanol–water partition coefficient (Wildman–Crippen LogP) is 3.71. The first-order chi connectivity index (χ1) is 17.2. The third-order valence-corrected chi connectivity index (χ3v) is 7.10. The third-order valence-electron chi connectivity index (χ3n) is 6.21. The molecule has 0 aliphatic heterocycles. The fourth-order valence-corrected chi connectivity index (χ4v) is 4.93. The van der Waals surface area contributed by atoms with Crippen LogP contribution in [0.4, 0.5) is 21.7 Å². The van der Waals surface area contributed by atoms with E-state index >= 15 is 0 Å². The average molecular weight is 515 g/mol. The number of nitrogens with one attached hydrogen (secondary N) is 4. The number of hydrogen-bond donors (Lipinski definition) is 6. The summed E-state index contributed by atoms with van der Waals surface area (Å²) in [7, 11) is 0. The molecular weight excluding hydrogens is 480 g/mol. The molecule has 1 amide bonds. The lowest BCUT2D eigenvalue weighted by atomic mass is 9.87. The molecule has 3 aromatic heterocycles. The van der Waals surface area contributed by atoms with Gasteiger partial charge >= 0.3 is 6.09 Å². The minimum Gasteiger partial charge on any atom is -0.465 e. The summed E-state index contributed by atoms with van der Waals surface area (Å²) in [5.74, 6) is 1.11. The second-order valence-corrected chi connectivity index (χ2v) is 11.2. The highest BCUT2D eigenvalue weighted by Crippen LogP contribution is 2.27. The summed E-state index contributed by atoms with van der Waals surface area (Å²) in [6.07, 6.45) is 3.69. The molecule has 0 spiro atoms. The van der Waals surface area contributed by atoms with Crippen molar-refractivity contribution < 1.29 is 15.0 Å². The first kappa shape index (κ1) is 26.0. The number of pyridine rings is 1. The Kier molecular flexibility index (Phi) is 8.17. The number of amides is 1. The fourth-order valence-electron chi connectivity index (χ4n) is 4.12. The highest BCUT2D eigenvalue weighted by molar-refractivity contribution is 7.21. The van der Waals surface area contributed by atoms with Gasteiger partial charge in [0, 0.05) is 37.4 Å². The van der Waals surface area contributed by atoms with Crippen LogP contribution in [-0.4, -0.2) is 61.0 Å². The van der Waals surface area contributed by atoms with Gasteiger partial charge in [-0.3, -0.25) is 0 Å². The summed E-state index contributed by atoms with van der Waals surface area (Å²) < 4.78 is 0. The van der Waals surface area contributed by atoms with Crippen LogP contribution in [0.2, 0.25) is 0 Å². The Morgan fingerprint density at radius 2 is 1.97 bits per heavy atom. The number of carbonyl (C=O) groups is 1. The second-order valence-electron chi connectivity index (χ2n) is 10.2. The van der Waals surface area contributed by atoms with Crippen LogP contribution in [0, 0.1) is 5.41 Å². The van der Waals surface area contributed by atoms with Gasteiger partial charge in [0.2, 0.25) is 5.95 Å². The van der Waals surface area contributed by atoms with E-state index in [0.29, 0.717) is 30.0 Å². The highest BCUT2D eigenvalue weighted by Gasteiger charge is 2.26. The molecule has 0 bridgehead atoms. The number of carboxylic acid groups (broad SMARTS) is 1. The Hall–Kier alpha value is -3.09. The summed E-state index contributed by atoms with van der Waals surface area (Å²) in [6, 6.07) is 5.56. The predicted molar refractivity (Wildman–Crippen MR) is 141 cm³/mol. The number of thiazole rings is 1. The Morgan fingerprint density at radius 1 is 1.19 bits per heavy atom. The maximum Gasteiger partial charge on any atom is 0.404 e. The van der Waals surface area contributed by atoms with Crippen molar-refractivity contribution in [2.45, 2.75) is 71.2 Å². The minimum atomic E-state index is -1.04. The summed E-state index contributed by atoms with van der Waals surface area (Å²) in [5.41, 5.74) is 1.33. The quantitative estimate of drug-likeness (QED) is 0.249. The number of aliphatic hydroxyl groups is 1. The van der Waals surface area contributed by atoms with Gasteiger partial charge in [0.15, 0.2) is 5.13 Å². The van der Waals surface area contributed by atoms with Crippen LogP contribution in [0.3, 0.4) is 0 Å². The number of fused-ring (bicyclic) bond motifs is 1. The molecule has 1 atom stereocenters. The number of rotatable bonds is 9. The van der Waals surface area contributed by atoms with Crippen LogP contribution in [-0.2, 0) is 6.54 Å². The molecule has 12 heteroatoms. The van der Waals surface area contributed by atoms with E-state index in [0.717, 1.165) is 41.7 Å². The molecule has 3 aromatic rings. The van der Waals surface area contributed by atoms with E-state index in [4.69, 9.17) is 4.98 Å². The van der Waals surface area contributed by atoms with Crippen molar-refractivity contribution in [3.8, 4) is 0 Å². The van der Waals surface area contributed by atoms with Crippen LogP contribution >= 0.6 is 11.3 Å². The van der Waals surface area contributed by atoms with Crippen molar-refractivity contribution >= 4 is 44.7 Å². The molecule has 0 aromatic carbocycles. The number of nitrogens with zero attached hydrogens (tertiary/aromatic N) is 4. The highest BCUT2D eigenvalue weighted by atomic mass is 32.1. The Labute approximate surface area is 214 Å². The fraction of sp³-hybridized carbons (Fsp3) is 0.542. The molecule has 1 saturated carbocycles. The van der Waals surface area contributed by atoms with Crippen molar-refractivity contribution in [3.05, 3.63) is 30.1 Å². The first-order valence-electron chi connectivity index (χ1n) is 12.2. The Bertz CT molecular complexity index is 1140. The summed E-state index contributed by atoms with van der Waals surface area (Å²) >= 11 is 1.45. The standard InChI is InChI=1S/C24H34N8O3S/c1-24(2,3)18(30-23(34)35)13-25-12-15-11-19(32-22-29-17-5-4-10-26-20(17)36-22)31-21(28-15)27-14-6-8-16(33)9-7-14/h4-5,10-11,14,16,18,25,30,33H,6-9,12-13H2,1-3H3,(H,34,35)(H2,27,28,29,31,32). The van der Waals surface area contributed by atoms with Crippen LogP contribution < -0.4 is 21.3 Å². The number of aromatic nitrogens is 4. The van der Waals surface area contributed by atoms with Crippen molar-refractivity contribution in [2.24, 2.45) is 5.41 Å². The van der Waals surface area contributed by atoms with Crippen LogP contribution in [0.1, 0.15) is 52.1 Å². The molecule has 36 heavy (non-hydrogen) atoms. The molecule has 0 radical (unpaired) electrons. The zero-order valence-electron chi connectivity index (χ0n) is 20.8. The van der Waals surface area contributed by atoms with E-state index in [1.165, 1.54) is 11.3 Å². The Balaban J connectivity index is 1.50. The molecule has 11 nitrogen and oxygen atoms in total. The zero-order valence-corrected chi connectivity index (χ0v) is 21.6. The van der Waals surface area contributed by atoms with E-state index in [1.54, 1.807) is 6.20 Å². The van der Waals surface area contributed by atoms with Gasteiger partial charge in [-0.25, -0.2) is 19.7 Å². The zero-order chi connectivity index (χ0) is 25.7. The molecule has 1 aliphatic rings. The molecule has 3 heterocycles. The SMILES string of the molecule is CC(C)(C)C(CNCc1cc(Nc2nc3cccnc3s2)nc(NC2CCC(O)CC2)n1)NC(=O)O. The summed E-state index contributed by atoms with van der Waals surface area (Å²) in [5, 5.41) is 32.4. The molecule has 6 N–H and O–H groups in total. The van der Waals surface area contributed by atoms with E-state index in [-0.39, 0.29) is 23.6 Å². The van der Waals surface area contributed by atoms with E-state index in [1.807, 2.05) is 39.0 Å². The Morgan fingerprint density at radius 3 is 2.67 bits per heavy atom. The number of aliphatic hydroxyl groups excluding tert-OH is 1. The molecule has 4 rings (SSSR count). The number of anilines is 3. The van der Waals surface area contributed by atoms with Gasteiger partial charge in [-0.1, -0.05) is 32.1 Å². The van der Waals surface area contributed by atoms with Crippen LogP contribution in [0.25, 0.3) is 10.3 Å². The van der Waals surface area contributed by atoms with Crippen molar-refractivity contribution in [1.29, 1.82) is 0 Å². The van der Waals surface area contributed by atoms with Gasteiger partial charge in [-0.05, 0) is 43.2 Å². The van der Waals surface area contributed by atoms with Gasteiger partial charge in [-0.15, -0.1) is 0 Å². The summed E-state index contributed by atoms with van der Waals surface area (Å²) in [4.78, 5) is 30.4. The monoisotopic (exact) mass is 514 g/mol. The molecular formula is C24H34N8O3S.